The molecule has 2 saturated heterocycles. The van der Waals surface area contributed by atoms with Crippen molar-refractivity contribution in [2.24, 2.45) is 5.92 Å². The number of nitrogens with zero attached hydrogens (tertiary/aromatic N) is 1. The molecule has 5 rings (SSSR count). The fourth-order valence-electron chi connectivity index (χ4n) is 5.54. The van der Waals surface area contributed by atoms with Crippen molar-refractivity contribution >= 4 is 27.3 Å². The van der Waals surface area contributed by atoms with Crippen molar-refractivity contribution in [3.63, 3.8) is 0 Å². The SMILES string of the molecule is CC1(NS(=O)(=O)c2ccc(-c3sc(C(=O)NC4CCOCC4)nc3CC3CCCCC3)cc2C(F)(F)F)COC1. The Bertz CT molecular complexity index is 1330. The van der Waals surface area contributed by atoms with Crippen LogP contribution in [0.5, 0.6) is 0 Å². The molecule has 220 valence electrons. The molecular weight excluding hydrogens is 567 g/mol. The molecule has 3 aliphatic rings. The Kier molecular flexibility index (Phi) is 8.59. The van der Waals surface area contributed by atoms with Crippen molar-refractivity contribution in [1.29, 1.82) is 0 Å². The van der Waals surface area contributed by atoms with E-state index in [1.807, 2.05) is 0 Å². The molecule has 0 atom stereocenters. The summed E-state index contributed by atoms with van der Waals surface area (Å²) >= 11 is 1.05. The lowest BCUT2D eigenvalue weighted by atomic mass is 9.85. The summed E-state index contributed by atoms with van der Waals surface area (Å²) in [5.74, 6) is -0.0270. The monoisotopic (exact) mass is 601 g/mol. The smallest absolute Gasteiger partial charge is 0.381 e. The van der Waals surface area contributed by atoms with Crippen LogP contribution in [0.15, 0.2) is 23.1 Å². The first-order valence-electron chi connectivity index (χ1n) is 13.7. The summed E-state index contributed by atoms with van der Waals surface area (Å²) in [4.78, 5) is 17.3. The van der Waals surface area contributed by atoms with Crippen LogP contribution in [0.2, 0.25) is 0 Å². The van der Waals surface area contributed by atoms with Gasteiger partial charge in [-0.2, -0.15) is 13.2 Å². The summed E-state index contributed by atoms with van der Waals surface area (Å²) in [7, 11) is -4.49. The second-order valence-corrected chi connectivity index (χ2v) is 13.9. The van der Waals surface area contributed by atoms with E-state index in [2.05, 4.69) is 15.0 Å². The highest BCUT2D eigenvalue weighted by atomic mass is 32.2. The van der Waals surface area contributed by atoms with E-state index in [0.29, 0.717) is 49.0 Å². The van der Waals surface area contributed by atoms with Crippen molar-refractivity contribution in [2.45, 2.75) is 80.9 Å². The van der Waals surface area contributed by atoms with Gasteiger partial charge in [-0.1, -0.05) is 38.2 Å². The Hall–Kier alpha value is -2.06. The Balaban J connectivity index is 1.50. The molecular formula is C27H34F3N3O5S2. The second kappa shape index (κ2) is 11.7. The molecule has 3 heterocycles. The predicted octanol–water partition coefficient (Wildman–Crippen LogP) is 4.93. The zero-order valence-electron chi connectivity index (χ0n) is 22.3. The minimum absolute atomic E-state index is 0.0489. The van der Waals surface area contributed by atoms with Crippen LogP contribution in [0.1, 0.15) is 72.9 Å². The normalized spacial score (nSPS) is 20.7. The van der Waals surface area contributed by atoms with Crippen LogP contribution < -0.4 is 10.0 Å². The van der Waals surface area contributed by atoms with Crippen LogP contribution in [0, 0.1) is 5.92 Å². The topological polar surface area (TPSA) is 107 Å². The number of carbonyl (C=O) groups is 1. The number of aromatic nitrogens is 1. The van der Waals surface area contributed by atoms with Crippen LogP contribution in [-0.2, 0) is 32.1 Å². The number of ether oxygens (including phenoxy) is 2. The van der Waals surface area contributed by atoms with Gasteiger partial charge in [0.25, 0.3) is 5.91 Å². The maximum Gasteiger partial charge on any atom is 0.417 e. The van der Waals surface area contributed by atoms with Crippen LogP contribution in [-0.4, -0.2) is 57.3 Å². The van der Waals surface area contributed by atoms with E-state index in [9.17, 15) is 26.4 Å². The molecule has 2 aromatic rings. The average Bonchev–Trinajstić information content (AvgIpc) is 3.32. The Morgan fingerprint density at radius 3 is 2.42 bits per heavy atom. The molecule has 13 heteroatoms. The number of hydrogen-bond acceptors (Lipinski definition) is 7. The Morgan fingerprint density at radius 2 is 1.80 bits per heavy atom. The molecule has 40 heavy (non-hydrogen) atoms. The van der Waals surface area contributed by atoms with Crippen LogP contribution in [0.3, 0.4) is 0 Å². The number of hydrogen-bond donors (Lipinski definition) is 2. The molecule has 0 spiro atoms. The highest BCUT2D eigenvalue weighted by Gasteiger charge is 2.42. The maximum atomic E-state index is 14.3. The number of benzene rings is 1. The molecule has 2 aliphatic heterocycles. The third kappa shape index (κ3) is 6.70. The van der Waals surface area contributed by atoms with Gasteiger partial charge in [-0.15, -0.1) is 11.3 Å². The summed E-state index contributed by atoms with van der Waals surface area (Å²) in [5, 5.41) is 3.17. The molecule has 1 saturated carbocycles. The molecule has 1 aliphatic carbocycles. The van der Waals surface area contributed by atoms with Gasteiger partial charge in [-0.25, -0.2) is 18.1 Å². The van der Waals surface area contributed by atoms with Gasteiger partial charge in [0.15, 0.2) is 5.01 Å². The first-order chi connectivity index (χ1) is 18.9. The number of sulfonamides is 1. The summed E-state index contributed by atoms with van der Waals surface area (Å²) in [6.07, 6.45) is 2.33. The number of carbonyl (C=O) groups excluding carboxylic acids is 1. The van der Waals surface area contributed by atoms with E-state index >= 15 is 0 Å². The van der Waals surface area contributed by atoms with E-state index < -0.39 is 32.2 Å². The zero-order chi connectivity index (χ0) is 28.5. The van der Waals surface area contributed by atoms with Crippen LogP contribution in [0.4, 0.5) is 13.2 Å². The summed E-state index contributed by atoms with van der Waals surface area (Å²) in [6.45, 7) is 2.85. The van der Waals surface area contributed by atoms with Crippen LogP contribution >= 0.6 is 11.3 Å². The molecule has 8 nitrogen and oxygen atoms in total. The molecule has 0 bridgehead atoms. The first kappa shape index (κ1) is 29.4. The van der Waals surface area contributed by atoms with Gasteiger partial charge in [-0.05, 0) is 49.8 Å². The highest BCUT2D eigenvalue weighted by Crippen LogP contribution is 2.41. The molecule has 0 unspecified atom stereocenters. The lowest BCUT2D eigenvalue weighted by Gasteiger charge is -2.38. The second-order valence-electron chi connectivity index (χ2n) is 11.2. The van der Waals surface area contributed by atoms with Crippen molar-refractivity contribution in [3.8, 4) is 10.4 Å². The molecule has 1 amide bonds. The van der Waals surface area contributed by atoms with Crippen molar-refractivity contribution in [1.82, 2.24) is 15.0 Å². The van der Waals surface area contributed by atoms with E-state index in [-0.39, 0.29) is 35.7 Å². The lowest BCUT2D eigenvalue weighted by Crippen LogP contribution is -2.59. The average molecular weight is 602 g/mol. The molecule has 1 aromatic carbocycles. The van der Waals surface area contributed by atoms with Gasteiger partial charge < -0.3 is 14.8 Å². The van der Waals surface area contributed by atoms with Gasteiger partial charge in [0, 0.05) is 19.3 Å². The third-order valence-electron chi connectivity index (χ3n) is 7.71. The standard InChI is InChI=1S/C27H34F3N3O5S2/c1-26(15-38-16-26)33-40(35,36)22-8-7-18(14-20(22)27(28,29)30)23-21(13-17-5-3-2-4-6-17)32-25(39-23)24(34)31-19-9-11-37-12-10-19/h7-8,14,17,19,33H,2-6,9-13,15-16H2,1H3,(H,31,34). The number of thiazole rings is 1. The molecule has 0 radical (unpaired) electrons. The molecule has 1 aromatic heterocycles. The summed E-state index contributed by atoms with van der Waals surface area (Å²) in [6, 6.07) is 3.19. The van der Waals surface area contributed by atoms with Gasteiger partial charge in [0.2, 0.25) is 10.0 Å². The molecule has 2 N–H and O–H groups in total. The zero-order valence-corrected chi connectivity index (χ0v) is 23.9. The predicted molar refractivity (Wildman–Crippen MR) is 144 cm³/mol. The first-order valence-corrected chi connectivity index (χ1v) is 16.0. The lowest BCUT2D eigenvalue weighted by molar-refractivity contribution is -0.139. The fraction of sp³-hybridized carbons (Fsp3) is 0.630. The third-order valence-corrected chi connectivity index (χ3v) is 10.6. The number of halogens is 3. The van der Waals surface area contributed by atoms with Crippen molar-refractivity contribution in [3.05, 3.63) is 34.5 Å². The quantitative estimate of drug-likeness (QED) is 0.445. The Labute approximate surface area is 236 Å². The van der Waals surface area contributed by atoms with Gasteiger partial charge in [0.05, 0.1) is 39.8 Å². The fourth-order valence-corrected chi connectivity index (χ4v) is 8.12. The van der Waals surface area contributed by atoms with E-state index in [4.69, 9.17) is 9.47 Å². The molecule has 3 fully saturated rings. The van der Waals surface area contributed by atoms with E-state index in [0.717, 1.165) is 55.6 Å². The highest BCUT2D eigenvalue weighted by molar-refractivity contribution is 7.89. The number of rotatable bonds is 8. The number of alkyl halides is 3. The number of nitrogens with one attached hydrogen (secondary N) is 2. The number of amides is 1. The minimum Gasteiger partial charge on any atom is -0.381 e. The van der Waals surface area contributed by atoms with E-state index in [1.165, 1.54) is 6.07 Å². The minimum atomic E-state index is -4.92. The maximum absolute atomic E-state index is 14.3. The van der Waals surface area contributed by atoms with Crippen LogP contribution in [0.25, 0.3) is 10.4 Å². The van der Waals surface area contributed by atoms with Crippen molar-refractivity contribution in [2.75, 3.05) is 26.4 Å². The van der Waals surface area contributed by atoms with Crippen molar-refractivity contribution < 1.29 is 35.9 Å². The van der Waals surface area contributed by atoms with Gasteiger partial charge >= 0.3 is 6.18 Å². The van der Waals surface area contributed by atoms with Gasteiger partial charge in [-0.3, -0.25) is 4.79 Å². The van der Waals surface area contributed by atoms with E-state index in [1.54, 1.807) is 6.92 Å². The van der Waals surface area contributed by atoms with Gasteiger partial charge in [0.1, 0.15) is 0 Å². The summed E-state index contributed by atoms with van der Waals surface area (Å²) in [5.41, 5.74) is -1.45. The Morgan fingerprint density at radius 1 is 1.10 bits per heavy atom. The summed E-state index contributed by atoms with van der Waals surface area (Å²) < 4.78 is 81.6. The largest absolute Gasteiger partial charge is 0.417 e.